The molecular weight excluding hydrogens is 540 g/mol. The van der Waals surface area contributed by atoms with E-state index in [4.69, 9.17) is 0 Å². The molecular formula is C35H30N2Zr. The van der Waals surface area contributed by atoms with Crippen LogP contribution in [0.3, 0.4) is 0 Å². The zero-order chi connectivity index (χ0) is 26.6. The van der Waals surface area contributed by atoms with Gasteiger partial charge in [-0.25, -0.2) is 0 Å². The third-order valence-corrected chi connectivity index (χ3v) is 7.85. The fraction of sp³-hybridized carbons (Fsp3) is 0.114. The van der Waals surface area contributed by atoms with Gasteiger partial charge in [0.25, 0.3) is 0 Å². The second kappa shape index (κ2) is 9.64. The molecule has 6 aromatic carbocycles. The van der Waals surface area contributed by atoms with Crippen molar-refractivity contribution in [3.63, 3.8) is 0 Å². The Labute approximate surface area is 237 Å². The molecule has 8 aromatic rings. The van der Waals surface area contributed by atoms with Crippen molar-refractivity contribution in [1.82, 2.24) is 9.13 Å². The minimum atomic E-state index is 1.30. The predicted octanol–water partition coefficient (Wildman–Crippen LogP) is 8.99. The molecule has 0 unspecified atom stereocenters. The van der Waals surface area contributed by atoms with E-state index in [1.54, 1.807) is 0 Å². The van der Waals surface area contributed by atoms with Gasteiger partial charge in [0.15, 0.2) is 0 Å². The van der Waals surface area contributed by atoms with Gasteiger partial charge in [0.2, 0.25) is 0 Å². The first-order valence-electron chi connectivity index (χ1n) is 12.9. The molecule has 2 aromatic heterocycles. The standard InChI is InChI=1S/2C17H14N.CH2.Zr/c2*1-11-7-8-15-14(9-11)17-13-6-4-3-5-12(13)10-16(17)18(15)2;;/h2*3-10H,1-2H3;1H2;/q2*-1;;+2. The summed E-state index contributed by atoms with van der Waals surface area (Å²) in [6.45, 7) is 4.31. The summed E-state index contributed by atoms with van der Waals surface area (Å²) in [5.74, 6) is 0. The summed E-state index contributed by atoms with van der Waals surface area (Å²) in [5.41, 5.74) is 7.93. The van der Waals surface area contributed by atoms with Gasteiger partial charge in [-0.05, 0) is 47.8 Å². The van der Waals surface area contributed by atoms with Crippen LogP contribution < -0.4 is 0 Å². The molecule has 8 rings (SSSR count). The Morgan fingerprint density at radius 2 is 0.947 bits per heavy atom. The van der Waals surface area contributed by atoms with Gasteiger partial charge in [-0.3, -0.25) is 0 Å². The molecule has 0 fully saturated rings. The molecule has 0 aliphatic carbocycles. The first-order valence-corrected chi connectivity index (χ1v) is 14.7. The molecule has 0 bridgehead atoms. The van der Waals surface area contributed by atoms with Gasteiger partial charge < -0.3 is 9.13 Å². The average Bonchev–Trinajstić information content (AvgIpc) is 3.65. The molecule has 0 amide bonds. The summed E-state index contributed by atoms with van der Waals surface area (Å²) in [6, 6.07) is 35.3. The molecule has 0 atom stereocenters. The van der Waals surface area contributed by atoms with Crippen molar-refractivity contribution in [2.24, 2.45) is 14.1 Å². The second-order valence-corrected chi connectivity index (χ2v) is 10.1. The third kappa shape index (κ3) is 3.76. The van der Waals surface area contributed by atoms with Gasteiger partial charge in [0.05, 0.1) is 0 Å². The number of hydrogen-bond acceptors (Lipinski definition) is 0. The van der Waals surface area contributed by atoms with Crippen LogP contribution in [-0.4, -0.2) is 13.3 Å². The van der Waals surface area contributed by atoms with Crippen molar-refractivity contribution < 1.29 is 24.2 Å². The molecule has 0 aliphatic heterocycles. The Balaban J connectivity index is 0.000000131. The summed E-state index contributed by atoms with van der Waals surface area (Å²) >= 11 is 1.30. The number of aryl methyl sites for hydroxylation is 4. The first kappa shape index (κ1) is 24.8. The summed E-state index contributed by atoms with van der Waals surface area (Å²) in [5, 5.41) is 10.9. The molecule has 3 heteroatoms. The van der Waals surface area contributed by atoms with Crippen LogP contribution in [0.15, 0.2) is 97.1 Å². The topological polar surface area (TPSA) is 9.86 Å². The van der Waals surface area contributed by atoms with Gasteiger partial charge in [-0.1, -0.05) is 58.3 Å². The molecule has 0 aliphatic rings. The van der Waals surface area contributed by atoms with E-state index in [0.717, 1.165) is 0 Å². The maximum atomic E-state index is 3.34. The van der Waals surface area contributed by atoms with E-state index < -0.39 is 0 Å². The van der Waals surface area contributed by atoms with E-state index in [9.17, 15) is 0 Å². The van der Waals surface area contributed by atoms with E-state index in [2.05, 4.69) is 138 Å². The number of aromatic nitrogens is 2. The zero-order valence-electron chi connectivity index (χ0n) is 22.3. The Kier molecular flexibility index (Phi) is 6.28. The van der Waals surface area contributed by atoms with Crippen LogP contribution in [-0.2, 0) is 38.3 Å². The van der Waals surface area contributed by atoms with Crippen LogP contribution in [0, 0.1) is 13.8 Å². The van der Waals surface area contributed by atoms with E-state index in [1.165, 1.54) is 101 Å². The van der Waals surface area contributed by atoms with E-state index in [1.807, 2.05) is 0 Å². The van der Waals surface area contributed by atoms with Crippen LogP contribution >= 0.6 is 0 Å². The molecule has 184 valence electrons. The van der Waals surface area contributed by atoms with E-state index in [0.29, 0.717) is 0 Å². The van der Waals surface area contributed by atoms with Crippen LogP contribution in [0.2, 0.25) is 0 Å². The van der Waals surface area contributed by atoms with Gasteiger partial charge in [0.1, 0.15) is 0 Å². The maximum absolute atomic E-state index is 3.34. The third-order valence-electron chi connectivity index (χ3n) is 7.85. The van der Waals surface area contributed by atoms with Gasteiger partial charge in [0, 0.05) is 25.1 Å². The van der Waals surface area contributed by atoms with Gasteiger partial charge in [-0.15, -0.1) is 70.1 Å². The Morgan fingerprint density at radius 3 is 1.37 bits per heavy atom. The molecule has 2 heterocycles. The normalized spacial score (nSPS) is 11.4. The number of nitrogens with zero attached hydrogens (tertiary/aromatic N) is 2. The second-order valence-electron chi connectivity index (χ2n) is 10.1. The number of rotatable bonds is 0. The molecule has 2 nitrogen and oxygen atoms in total. The number of hydrogen-bond donors (Lipinski definition) is 0. The van der Waals surface area contributed by atoms with Crippen LogP contribution in [0.1, 0.15) is 11.1 Å². The monoisotopic (exact) mass is 568 g/mol. The number of benzene rings is 4. The van der Waals surface area contributed by atoms with Crippen molar-refractivity contribution in [2.75, 3.05) is 0 Å². The van der Waals surface area contributed by atoms with Crippen molar-refractivity contribution >= 4 is 69.4 Å². The summed E-state index contributed by atoms with van der Waals surface area (Å²) in [7, 11) is 4.30. The molecule has 38 heavy (non-hydrogen) atoms. The molecule has 0 saturated heterocycles. The molecule has 0 N–H and O–H groups in total. The summed E-state index contributed by atoms with van der Waals surface area (Å²) < 4.78 is 7.93. The minimum absolute atomic E-state index is 1.30. The van der Waals surface area contributed by atoms with Crippen molar-refractivity contribution in [1.29, 1.82) is 0 Å². The molecule has 0 spiro atoms. The van der Waals surface area contributed by atoms with Crippen molar-refractivity contribution in [2.45, 2.75) is 13.8 Å². The molecule has 0 saturated carbocycles. The Hall–Kier alpha value is -3.55. The SMILES string of the molecule is Cc1ccc2c(c1)c1c3ccccc3[cH-]c1n2C.Cc1ccc2c(c1)c1c3ccccc3[cH-]c1n2C.[CH2]=[Zr+2]. The fourth-order valence-electron chi connectivity index (χ4n) is 6.06. The summed E-state index contributed by atoms with van der Waals surface area (Å²) in [6.07, 6.45) is 0. The van der Waals surface area contributed by atoms with Gasteiger partial charge in [-0.2, -0.15) is 0 Å². The average molecular weight is 570 g/mol. The van der Waals surface area contributed by atoms with Gasteiger partial charge >= 0.3 is 28.4 Å². The van der Waals surface area contributed by atoms with Crippen LogP contribution in [0.5, 0.6) is 0 Å². The van der Waals surface area contributed by atoms with Crippen molar-refractivity contribution in [3.05, 3.63) is 108 Å². The predicted molar refractivity (Wildman–Crippen MR) is 164 cm³/mol. The molecule has 0 radical (unpaired) electrons. The fourth-order valence-corrected chi connectivity index (χ4v) is 6.06. The van der Waals surface area contributed by atoms with E-state index >= 15 is 0 Å². The first-order chi connectivity index (χ1) is 18.5. The van der Waals surface area contributed by atoms with Crippen LogP contribution in [0.4, 0.5) is 0 Å². The quantitative estimate of drug-likeness (QED) is 0.161. The van der Waals surface area contributed by atoms with Crippen LogP contribution in [0.25, 0.3) is 65.2 Å². The zero-order valence-corrected chi connectivity index (χ0v) is 24.8. The van der Waals surface area contributed by atoms with Crippen molar-refractivity contribution in [3.8, 4) is 0 Å². The van der Waals surface area contributed by atoms with E-state index in [-0.39, 0.29) is 0 Å². The Bertz CT molecular complexity index is 1960. The summed E-state index contributed by atoms with van der Waals surface area (Å²) in [4.78, 5) is 0. The Morgan fingerprint density at radius 1 is 0.553 bits per heavy atom. The number of fused-ring (bicyclic) bond motifs is 10.